The second-order valence-electron chi connectivity index (χ2n) is 4.35. The predicted molar refractivity (Wildman–Crippen MR) is 70.9 cm³/mol. The molecule has 1 amide bonds. The molecule has 3 rings (SSSR count). The Morgan fingerprint density at radius 1 is 1.50 bits per heavy atom. The molecule has 0 spiro atoms. The maximum Gasteiger partial charge on any atom is 0.259 e. The fourth-order valence-corrected chi connectivity index (χ4v) is 2.82. The summed E-state index contributed by atoms with van der Waals surface area (Å²) in [5.41, 5.74) is 0.458. The summed E-state index contributed by atoms with van der Waals surface area (Å²) in [5.74, 6) is -0.0374. The van der Waals surface area contributed by atoms with Gasteiger partial charge in [-0.25, -0.2) is 0 Å². The third kappa shape index (κ3) is 2.31. The smallest absolute Gasteiger partial charge is 0.259 e. The van der Waals surface area contributed by atoms with Gasteiger partial charge in [0.05, 0.1) is 18.4 Å². The largest absolute Gasteiger partial charge is 0.452 e. The SMILES string of the molecule is O=C(c1ccoc1Cl)N(Cc1cccs1)C1CC1. The van der Waals surface area contributed by atoms with E-state index in [0.29, 0.717) is 18.2 Å². The Bertz CT molecular complexity index is 545. The van der Waals surface area contributed by atoms with Crippen LogP contribution in [0.4, 0.5) is 0 Å². The first kappa shape index (κ1) is 11.8. The Morgan fingerprint density at radius 3 is 2.89 bits per heavy atom. The van der Waals surface area contributed by atoms with Crippen molar-refractivity contribution in [1.82, 2.24) is 4.90 Å². The van der Waals surface area contributed by atoms with Crippen molar-refractivity contribution in [3.63, 3.8) is 0 Å². The summed E-state index contributed by atoms with van der Waals surface area (Å²) >= 11 is 7.54. The summed E-state index contributed by atoms with van der Waals surface area (Å²) in [6.45, 7) is 0.655. The summed E-state index contributed by atoms with van der Waals surface area (Å²) in [6, 6.07) is 6.03. The quantitative estimate of drug-likeness (QED) is 0.854. The van der Waals surface area contributed by atoms with E-state index in [1.54, 1.807) is 17.4 Å². The lowest BCUT2D eigenvalue weighted by Gasteiger charge is -2.21. The number of thiophene rings is 1. The van der Waals surface area contributed by atoms with Crippen LogP contribution in [0, 0.1) is 0 Å². The third-order valence-electron chi connectivity index (χ3n) is 3.00. The molecule has 0 unspecified atom stereocenters. The zero-order chi connectivity index (χ0) is 12.5. The van der Waals surface area contributed by atoms with E-state index in [0.717, 1.165) is 12.8 Å². The molecule has 1 aliphatic carbocycles. The van der Waals surface area contributed by atoms with Gasteiger partial charge in [-0.3, -0.25) is 4.79 Å². The second kappa shape index (κ2) is 4.78. The zero-order valence-electron chi connectivity index (χ0n) is 9.64. The van der Waals surface area contributed by atoms with E-state index in [-0.39, 0.29) is 11.1 Å². The van der Waals surface area contributed by atoms with Crippen LogP contribution in [0.1, 0.15) is 28.1 Å². The van der Waals surface area contributed by atoms with Gasteiger partial charge >= 0.3 is 0 Å². The summed E-state index contributed by atoms with van der Waals surface area (Å²) in [4.78, 5) is 15.5. The molecule has 18 heavy (non-hydrogen) atoms. The lowest BCUT2D eigenvalue weighted by atomic mass is 10.2. The molecule has 2 aromatic heterocycles. The van der Waals surface area contributed by atoms with Crippen LogP contribution < -0.4 is 0 Å². The zero-order valence-corrected chi connectivity index (χ0v) is 11.2. The minimum atomic E-state index is -0.0374. The molecule has 3 nitrogen and oxygen atoms in total. The van der Waals surface area contributed by atoms with Gasteiger partial charge in [0, 0.05) is 10.9 Å². The first-order valence-corrected chi connectivity index (χ1v) is 7.08. The Balaban J connectivity index is 1.82. The van der Waals surface area contributed by atoms with Crippen molar-refractivity contribution in [3.05, 3.63) is 45.5 Å². The van der Waals surface area contributed by atoms with Gasteiger partial charge in [-0.2, -0.15) is 0 Å². The molecular formula is C13H12ClNO2S. The lowest BCUT2D eigenvalue weighted by Crippen LogP contribution is -2.32. The molecule has 0 saturated heterocycles. The first-order chi connectivity index (χ1) is 8.75. The third-order valence-corrected chi connectivity index (χ3v) is 4.16. The second-order valence-corrected chi connectivity index (χ2v) is 5.73. The van der Waals surface area contributed by atoms with Gasteiger partial charge in [-0.15, -0.1) is 11.3 Å². The molecule has 0 aromatic carbocycles. The lowest BCUT2D eigenvalue weighted by molar-refractivity contribution is 0.0731. The van der Waals surface area contributed by atoms with E-state index in [2.05, 4.69) is 0 Å². The summed E-state index contributed by atoms with van der Waals surface area (Å²) < 4.78 is 4.99. The number of hydrogen-bond acceptors (Lipinski definition) is 3. The monoisotopic (exact) mass is 281 g/mol. The average Bonchev–Trinajstić information content (AvgIpc) is 2.89. The number of hydrogen-bond donors (Lipinski definition) is 0. The molecule has 94 valence electrons. The van der Waals surface area contributed by atoms with Gasteiger partial charge in [0.1, 0.15) is 0 Å². The number of halogens is 1. The molecule has 0 aliphatic heterocycles. The highest BCUT2D eigenvalue weighted by molar-refractivity contribution is 7.09. The number of furan rings is 1. The Morgan fingerprint density at radius 2 is 2.33 bits per heavy atom. The molecule has 0 N–H and O–H groups in total. The summed E-state index contributed by atoms with van der Waals surface area (Å²) in [6.07, 6.45) is 3.60. The van der Waals surface area contributed by atoms with E-state index in [4.69, 9.17) is 16.0 Å². The fourth-order valence-electron chi connectivity index (χ4n) is 1.92. The van der Waals surface area contributed by atoms with Crippen molar-refractivity contribution in [2.24, 2.45) is 0 Å². The fraction of sp³-hybridized carbons (Fsp3) is 0.308. The highest BCUT2D eigenvalue weighted by Crippen LogP contribution is 2.32. The van der Waals surface area contributed by atoms with Crippen LogP contribution in [0.5, 0.6) is 0 Å². The minimum absolute atomic E-state index is 0.0374. The van der Waals surface area contributed by atoms with Crippen LogP contribution in [0.25, 0.3) is 0 Å². The van der Waals surface area contributed by atoms with Crippen molar-refractivity contribution < 1.29 is 9.21 Å². The van der Waals surface area contributed by atoms with Crippen LogP contribution in [0.2, 0.25) is 5.22 Å². The maximum absolute atomic E-state index is 12.4. The Labute approximate surface area is 114 Å². The van der Waals surface area contributed by atoms with Gasteiger partial charge in [0.15, 0.2) is 0 Å². The number of rotatable bonds is 4. The molecule has 1 saturated carbocycles. The minimum Gasteiger partial charge on any atom is -0.452 e. The van der Waals surface area contributed by atoms with Crippen LogP contribution in [0.15, 0.2) is 34.3 Å². The highest BCUT2D eigenvalue weighted by atomic mass is 35.5. The summed E-state index contributed by atoms with van der Waals surface area (Å²) in [7, 11) is 0. The first-order valence-electron chi connectivity index (χ1n) is 5.82. The molecule has 1 fully saturated rings. The molecule has 5 heteroatoms. The molecule has 0 atom stereocenters. The molecular weight excluding hydrogens is 270 g/mol. The molecule has 2 aromatic rings. The Hall–Kier alpha value is -1.26. The standard InChI is InChI=1S/C13H12ClNO2S/c14-12-11(5-6-17-12)13(16)15(9-3-4-9)8-10-2-1-7-18-10/h1-2,5-7,9H,3-4,8H2. The van der Waals surface area contributed by atoms with E-state index in [1.165, 1.54) is 11.1 Å². The highest BCUT2D eigenvalue weighted by Gasteiger charge is 2.34. The number of carbonyl (C=O) groups excluding carboxylic acids is 1. The van der Waals surface area contributed by atoms with Crippen molar-refractivity contribution in [2.45, 2.75) is 25.4 Å². The average molecular weight is 282 g/mol. The van der Waals surface area contributed by atoms with E-state index < -0.39 is 0 Å². The molecule has 0 bridgehead atoms. The van der Waals surface area contributed by atoms with E-state index in [1.807, 2.05) is 22.4 Å². The maximum atomic E-state index is 12.4. The molecule has 2 heterocycles. The van der Waals surface area contributed by atoms with Gasteiger partial charge in [-0.1, -0.05) is 6.07 Å². The van der Waals surface area contributed by atoms with E-state index >= 15 is 0 Å². The topological polar surface area (TPSA) is 33.5 Å². The van der Waals surface area contributed by atoms with Crippen molar-refractivity contribution in [2.75, 3.05) is 0 Å². The van der Waals surface area contributed by atoms with Gasteiger partial charge < -0.3 is 9.32 Å². The predicted octanol–water partition coefficient (Wildman–Crippen LogP) is 3.80. The van der Waals surface area contributed by atoms with Crippen molar-refractivity contribution in [1.29, 1.82) is 0 Å². The summed E-state index contributed by atoms with van der Waals surface area (Å²) in [5, 5.41) is 2.20. The van der Waals surface area contributed by atoms with Gasteiger partial charge in [-0.05, 0) is 42.0 Å². The normalized spacial score (nSPS) is 14.7. The van der Waals surface area contributed by atoms with Crippen LogP contribution in [-0.2, 0) is 6.54 Å². The van der Waals surface area contributed by atoms with Gasteiger partial charge in [0.2, 0.25) is 5.22 Å². The molecule has 1 aliphatic rings. The Kier molecular flexibility index (Phi) is 3.14. The van der Waals surface area contributed by atoms with Gasteiger partial charge in [0.25, 0.3) is 5.91 Å². The van der Waals surface area contributed by atoms with Crippen molar-refractivity contribution in [3.8, 4) is 0 Å². The van der Waals surface area contributed by atoms with Crippen molar-refractivity contribution >= 4 is 28.8 Å². The number of amides is 1. The van der Waals surface area contributed by atoms with Crippen LogP contribution in [0.3, 0.4) is 0 Å². The van der Waals surface area contributed by atoms with E-state index in [9.17, 15) is 4.79 Å². The van der Waals surface area contributed by atoms with Crippen LogP contribution >= 0.6 is 22.9 Å². The molecule has 0 radical (unpaired) electrons. The van der Waals surface area contributed by atoms with Crippen LogP contribution in [-0.4, -0.2) is 16.8 Å². The number of nitrogens with zero attached hydrogens (tertiary/aromatic N) is 1. The number of carbonyl (C=O) groups is 1.